The number of carbonyl (C=O) groups excluding carboxylic acids is 1. The van der Waals surface area contributed by atoms with Crippen molar-refractivity contribution in [3.05, 3.63) is 58.0 Å². The largest absolute Gasteiger partial charge is 0.466 e. The topological polar surface area (TPSA) is 66.0 Å². The molecule has 6 heteroatoms. The molecular formula is C13H8Cl2N2O2. The molecule has 1 heterocycles. The highest BCUT2D eigenvalue weighted by atomic mass is 35.5. The number of nitriles is 1. The second-order valence-corrected chi connectivity index (χ2v) is 4.46. The van der Waals surface area contributed by atoms with Crippen molar-refractivity contribution in [2.45, 2.75) is 6.04 Å². The molecule has 0 fully saturated rings. The van der Waals surface area contributed by atoms with Crippen LogP contribution in [-0.4, -0.2) is 5.91 Å². The highest BCUT2D eigenvalue weighted by Gasteiger charge is 2.20. The number of carbonyl (C=O) groups is 1. The van der Waals surface area contributed by atoms with Gasteiger partial charge in [0.05, 0.1) is 27.9 Å². The number of nitrogens with zero attached hydrogens (tertiary/aromatic N) is 1. The summed E-state index contributed by atoms with van der Waals surface area (Å²) < 4.78 is 5.08. The van der Waals surface area contributed by atoms with E-state index in [1.807, 2.05) is 6.07 Å². The Morgan fingerprint density at radius 1 is 1.26 bits per heavy atom. The average molecular weight is 295 g/mol. The van der Waals surface area contributed by atoms with Crippen LogP contribution in [0.25, 0.3) is 0 Å². The van der Waals surface area contributed by atoms with Gasteiger partial charge in [0.25, 0.3) is 5.91 Å². The number of hydrogen-bond acceptors (Lipinski definition) is 3. The van der Waals surface area contributed by atoms with Gasteiger partial charge in [-0.05, 0) is 24.3 Å². The van der Waals surface area contributed by atoms with Crippen LogP contribution >= 0.6 is 23.2 Å². The molecule has 1 N–H and O–H groups in total. The Morgan fingerprint density at radius 2 is 1.95 bits per heavy atom. The van der Waals surface area contributed by atoms with Gasteiger partial charge in [-0.1, -0.05) is 29.3 Å². The van der Waals surface area contributed by atoms with Crippen LogP contribution in [0, 0.1) is 11.3 Å². The Kier molecular flexibility index (Phi) is 4.10. The molecule has 4 nitrogen and oxygen atoms in total. The van der Waals surface area contributed by atoms with E-state index in [1.165, 1.54) is 6.26 Å². The van der Waals surface area contributed by atoms with E-state index in [2.05, 4.69) is 5.32 Å². The molecule has 0 aliphatic rings. The minimum Gasteiger partial charge on any atom is -0.466 e. The molecule has 1 unspecified atom stereocenters. The molecule has 2 aromatic rings. The fourth-order valence-corrected chi connectivity index (χ4v) is 2.11. The van der Waals surface area contributed by atoms with Crippen molar-refractivity contribution in [1.29, 1.82) is 5.26 Å². The van der Waals surface area contributed by atoms with Crippen LogP contribution in [0.3, 0.4) is 0 Å². The number of halogens is 2. The van der Waals surface area contributed by atoms with Gasteiger partial charge in [-0.2, -0.15) is 5.26 Å². The molecule has 2 rings (SSSR count). The lowest BCUT2D eigenvalue weighted by molar-refractivity contribution is 0.0942. The number of furan rings is 1. The van der Waals surface area contributed by atoms with Gasteiger partial charge < -0.3 is 9.73 Å². The minimum atomic E-state index is -0.894. The van der Waals surface area contributed by atoms with Gasteiger partial charge in [-0.25, -0.2) is 0 Å². The Morgan fingerprint density at radius 3 is 2.47 bits per heavy atom. The van der Waals surface area contributed by atoms with Gasteiger partial charge in [-0.15, -0.1) is 0 Å². The zero-order chi connectivity index (χ0) is 13.8. The standard InChI is InChI=1S/C13H8Cl2N2O2/c14-8-3-1-4-9(15)12(8)13(18)17-10(7-16)11-5-2-6-19-11/h1-6,10H,(H,17,18). The average Bonchev–Trinajstić information content (AvgIpc) is 2.89. The highest BCUT2D eigenvalue weighted by Crippen LogP contribution is 2.25. The van der Waals surface area contributed by atoms with Crippen LogP contribution in [0.15, 0.2) is 41.0 Å². The molecule has 0 bridgehead atoms. The zero-order valence-corrected chi connectivity index (χ0v) is 11.1. The summed E-state index contributed by atoms with van der Waals surface area (Å²) in [6, 6.07) is 9.01. The van der Waals surface area contributed by atoms with Crippen LogP contribution < -0.4 is 5.32 Å². The van der Waals surface area contributed by atoms with Crippen molar-refractivity contribution in [3.63, 3.8) is 0 Å². The first-order chi connectivity index (χ1) is 9.13. The van der Waals surface area contributed by atoms with E-state index in [0.29, 0.717) is 5.76 Å². The van der Waals surface area contributed by atoms with Crippen LogP contribution in [0.2, 0.25) is 10.0 Å². The summed E-state index contributed by atoms with van der Waals surface area (Å²) in [4.78, 5) is 12.1. The van der Waals surface area contributed by atoms with Gasteiger partial charge in [0.1, 0.15) is 5.76 Å². The number of nitrogens with one attached hydrogen (secondary N) is 1. The molecule has 0 aliphatic carbocycles. The maximum atomic E-state index is 12.1. The third-order valence-corrected chi connectivity index (χ3v) is 3.05. The second kappa shape index (κ2) is 5.79. The van der Waals surface area contributed by atoms with Crippen LogP contribution in [-0.2, 0) is 0 Å². The fourth-order valence-electron chi connectivity index (χ4n) is 1.54. The summed E-state index contributed by atoms with van der Waals surface area (Å²) in [7, 11) is 0. The van der Waals surface area contributed by atoms with E-state index in [-0.39, 0.29) is 15.6 Å². The van der Waals surface area contributed by atoms with Crippen LogP contribution in [0.5, 0.6) is 0 Å². The first-order valence-corrected chi connectivity index (χ1v) is 6.07. The molecule has 0 saturated carbocycles. The van der Waals surface area contributed by atoms with Crippen molar-refractivity contribution in [2.24, 2.45) is 0 Å². The molecule has 0 spiro atoms. The summed E-state index contributed by atoms with van der Waals surface area (Å²) in [6.45, 7) is 0. The third kappa shape index (κ3) is 2.90. The summed E-state index contributed by atoms with van der Waals surface area (Å²) in [5, 5.41) is 12.0. The lowest BCUT2D eigenvalue weighted by Crippen LogP contribution is -2.27. The third-order valence-electron chi connectivity index (χ3n) is 2.42. The Balaban J connectivity index is 2.24. The van der Waals surface area contributed by atoms with Gasteiger partial charge in [0.15, 0.2) is 6.04 Å². The first-order valence-electron chi connectivity index (χ1n) is 5.31. The predicted octanol–water partition coefficient (Wildman–Crippen LogP) is 3.58. The fraction of sp³-hybridized carbons (Fsp3) is 0.0769. The number of rotatable bonds is 3. The quantitative estimate of drug-likeness (QED) is 0.941. The van der Waals surface area contributed by atoms with E-state index in [4.69, 9.17) is 32.9 Å². The van der Waals surface area contributed by atoms with E-state index in [0.717, 1.165) is 0 Å². The SMILES string of the molecule is N#CC(NC(=O)c1c(Cl)cccc1Cl)c1ccco1. The summed E-state index contributed by atoms with van der Waals surface area (Å²) >= 11 is 11.8. The molecule has 1 aromatic heterocycles. The molecule has 1 atom stereocenters. The molecule has 1 amide bonds. The van der Waals surface area contributed by atoms with Crippen molar-refractivity contribution in [2.75, 3.05) is 0 Å². The van der Waals surface area contributed by atoms with E-state index >= 15 is 0 Å². The molecular weight excluding hydrogens is 287 g/mol. The monoisotopic (exact) mass is 294 g/mol. The first kappa shape index (κ1) is 13.5. The van der Waals surface area contributed by atoms with Crippen molar-refractivity contribution in [3.8, 4) is 6.07 Å². The van der Waals surface area contributed by atoms with Crippen LogP contribution in [0.4, 0.5) is 0 Å². The number of hydrogen-bond donors (Lipinski definition) is 1. The molecule has 1 aromatic carbocycles. The number of benzene rings is 1. The van der Waals surface area contributed by atoms with Crippen molar-refractivity contribution < 1.29 is 9.21 Å². The summed E-state index contributed by atoms with van der Waals surface area (Å²) in [5.74, 6) is -0.183. The van der Waals surface area contributed by atoms with Gasteiger partial charge >= 0.3 is 0 Å². The van der Waals surface area contributed by atoms with Crippen LogP contribution in [0.1, 0.15) is 22.2 Å². The smallest absolute Gasteiger partial charge is 0.255 e. The maximum absolute atomic E-state index is 12.1. The Bertz CT molecular complexity index is 612. The summed E-state index contributed by atoms with van der Waals surface area (Å²) in [6.07, 6.45) is 1.42. The molecule has 0 radical (unpaired) electrons. The number of amides is 1. The highest BCUT2D eigenvalue weighted by molar-refractivity contribution is 6.39. The predicted molar refractivity (Wildman–Crippen MR) is 71.0 cm³/mol. The lowest BCUT2D eigenvalue weighted by Gasteiger charge is -2.11. The van der Waals surface area contributed by atoms with E-state index in [9.17, 15) is 4.79 Å². The molecule has 19 heavy (non-hydrogen) atoms. The maximum Gasteiger partial charge on any atom is 0.255 e. The van der Waals surface area contributed by atoms with Crippen molar-refractivity contribution >= 4 is 29.1 Å². The zero-order valence-electron chi connectivity index (χ0n) is 9.56. The summed E-state index contributed by atoms with van der Waals surface area (Å²) in [5.41, 5.74) is 0.137. The lowest BCUT2D eigenvalue weighted by atomic mass is 10.1. The molecule has 0 saturated heterocycles. The van der Waals surface area contributed by atoms with E-state index in [1.54, 1.807) is 30.3 Å². The van der Waals surface area contributed by atoms with Gasteiger partial charge in [0, 0.05) is 0 Å². The normalized spacial score (nSPS) is 11.6. The van der Waals surface area contributed by atoms with E-state index < -0.39 is 11.9 Å². The Hall–Kier alpha value is -1.96. The van der Waals surface area contributed by atoms with Gasteiger partial charge in [-0.3, -0.25) is 4.79 Å². The minimum absolute atomic E-state index is 0.137. The van der Waals surface area contributed by atoms with Gasteiger partial charge in [0.2, 0.25) is 0 Å². The molecule has 96 valence electrons. The van der Waals surface area contributed by atoms with Crippen molar-refractivity contribution in [1.82, 2.24) is 5.32 Å². The molecule has 0 aliphatic heterocycles. The Labute approximate surface area is 119 Å². The second-order valence-electron chi connectivity index (χ2n) is 3.65.